The molecular formula is C16H40N4O. The third-order valence-corrected chi connectivity index (χ3v) is 2.46. The highest BCUT2D eigenvalue weighted by Gasteiger charge is 2.07. The molecule has 0 unspecified atom stereocenters. The summed E-state index contributed by atoms with van der Waals surface area (Å²) in [4.78, 5) is 0. The maximum Gasteiger partial charge on any atom is 0.0448 e. The van der Waals surface area contributed by atoms with Crippen molar-refractivity contribution in [3.05, 3.63) is 11.9 Å². The average Bonchev–Trinajstić information content (AvgIpc) is 2.38. The number of hydrogen-bond acceptors (Lipinski definition) is 5. The molecule has 0 aliphatic rings. The Balaban J connectivity index is -0.000000307. The molecule has 0 spiro atoms. The number of hydrazine groups is 1. The minimum atomic E-state index is -0.200. The van der Waals surface area contributed by atoms with Crippen LogP contribution in [-0.4, -0.2) is 28.8 Å². The summed E-state index contributed by atoms with van der Waals surface area (Å²) >= 11 is 0. The van der Waals surface area contributed by atoms with E-state index in [9.17, 15) is 0 Å². The molecule has 0 saturated heterocycles. The SMILES string of the molecule is CC.CC(C)(N)CCO.CC/C(N)=C/N(N)CCC(C)C. The number of hydrogen-bond donors (Lipinski definition) is 4. The van der Waals surface area contributed by atoms with Crippen LogP contribution >= 0.6 is 0 Å². The Hall–Kier alpha value is -0.780. The predicted octanol–water partition coefficient (Wildman–Crippen LogP) is 2.55. The number of nitrogens with zero attached hydrogens (tertiary/aromatic N) is 1. The number of rotatable bonds is 7. The number of aliphatic hydroxyl groups is 1. The van der Waals surface area contributed by atoms with Crippen LogP contribution in [-0.2, 0) is 0 Å². The van der Waals surface area contributed by atoms with Crippen molar-refractivity contribution in [2.75, 3.05) is 13.2 Å². The summed E-state index contributed by atoms with van der Waals surface area (Å²) in [6.07, 6.45) is 4.44. The maximum atomic E-state index is 8.32. The van der Waals surface area contributed by atoms with Gasteiger partial charge in [0.15, 0.2) is 0 Å². The van der Waals surface area contributed by atoms with Crippen molar-refractivity contribution in [3.63, 3.8) is 0 Å². The van der Waals surface area contributed by atoms with Crippen LogP contribution in [0.1, 0.15) is 67.7 Å². The van der Waals surface area contributed by atoms with E-state index in [0.717, 1.165) is 25.1 Å². The maximum absolute atomic E-state index is 8.32. The second-order valence-corrected chi connectivity index (χ2v) is 5.94. The first kappa shape index (κ1) is 25.2. The van der Waals surface area contributed by atoms with Gasteiger partial charge in [-0.25, -0.2) is 5.84 Å². The van der Waals surface area contributed by atoms with Gasteiger partial charge in [-0.3, -0.25) is 0 Å². The molecule has 0 bridgehead atoms. The van der Waals surface area contributed by atoms with Crippen molar-refractivity contribution >= 4 is 0 Å². The fourth-order valence-electron chi connectivity index (χ4n) is 1.06. The van der Waals surface area contributed by atoms with Crippen LogP contribution in [0, 0.1) is 5.92 Å². The van der Waals surface area contributed by atoms with E-state index >= 15 is 0 Å². The zero-order valence-electron chi connectivity index (χ0n) is 15.3. The minimum Gasteiger partial charge on any atom is -0.401 e. The number of aliphatic hydroxyl groups excluding tert-OH is 1. The van der Waals surface area contributed by atoms with Crippen molar-refractivity contribution in [2.24, 2.45) is 23.2 Å². The lowest BCUT2D eigenvalue weighted by Gasteiger charge is -2.15. The van der Waals surface area contributed by atoms with E-state index in [1.54, 1.807) is 5.01 Å². The molecule has 0 aromatic heterocycles. The van der Waals surface area contributed by atoms with Gasteiger partial charge in [0.2, 0.25) is 0 Å². The lowest BCUT2D eigenvalue weighted by molar-refractivity contribution is 0.254. The average molecular weight is 305 g/mol. The first-order valence-corrected chi connectivity index (χ1v) is 7.99. The Labute approximate surface area is 132 Å². The molecule has 0 saturated carbocycles. The fraction of sp³-hybridized carbons (Fsp3) is 0.875. The smallest absolute Gasteiger partial charge is 0.0448 e. The van der Waals surface area contributed by atoms with Gasteiger partial charge in [0, 0.05) is 30.6 Å². The van der Waals surface area contributed by atoms with Gasteiger partial charge in [-0.15, -0.1) is 0 Å². The summed E-state index contributed by atoms with van der Waals surface area (Å²) in [5.74, 6) is 6.36. The molecule has 0 atom stereocenters. The molecule has 0 radical (unpaired) electrons. The molecule has 0 aromatic rings. The summed E-state index contributed by atoms with van der Waals surface area (Å²) in [5.41, 5.74) is 11.7. The van der Waals surface area contributed by atoms with Gasteiger partial charge in [-0.05, 0) is 39.0 Å². The van der Waals surface area contributed by atoms with E-state index in [1.165, 1.54) is 0 Å². The molecule has 0 heterocycles. The molecular weight excluding hydrogens is 264 g/mol. The molecule has 5 nitrogen and oxygen atoms in total. The summed E-state index contributed by atoms with van der Waals surface area (Å²) in [5, 5.41) is 9.99. The summed E-state index contributed by atoms with van der Waals surface area (Å²) < 4.78 is 0. The van der Waals surface area contributed by atoms with Gasteiger partial charge in [0.25, 0.3) is 0 Å². The Bertz CT molecular complexity index is 235. The molecule has 5 heteroatoms. The van der Waals surface area contributed by atoms with Crippen LogP contribution in [0.4, 0.5) is 0 Å². The van der Waals surface area contributed by atoms with E-state index in [1.807, 2.05) is 40.8 Å². The third kappa shape index (κ3) is 28.2. The second-order valence-electron chi connectivity index (χ2n) is 5.94. The van der Waals surface area contributed by atoms with Crippen molar-refractivity contribution in [1.29, 1.82) is 0 Å². The fourth-order valence-corrected chi connectivity index (χ4v) is 1.06. The van der Waals surface area contributed by atoms with E-state index in [0.29, 0.717) is 12.3 Å². The minimum absolute atomic E-state index is 0.184. The van der Waals surface area contributed by atoms with Gasteiger partial charge < -0.3 is 21.6 Å². The molecule has 0 rings (SSSR count). The van der Waals surface area contributed by atoms with Gasteiger partial charge in [0.05, 0.1) is 0 Å². The van der Waals surface area contributed by atoms with Crippen LogP contribution < -0.4 is 17.3 Å². The predicted molar refractivity (Wildman–Crippen MR) is 94.2 cm³/mol. The quantitative estimate of drug-likeness (QED) is 0.428. The molecule has 0 amide bonds. The highest BCUT2D eigenvalue weighted by atomic mass is 16.3. The molecule has 130 valence electrons. The van der Waals surface area contributed by atoms with E-state index in [-0.39, 0.29) is 12.1 Å². The lowest BCUT2D eigenvalue weighted by atomic mass is 10.0. The molecule has 0 aliphatic heterocycles. The largest absolute Gasteiger partial charge is 0.401 e. The second kappa shape index (κ2) is 15.6. The third-order valence-electron chi connectivity index (χ3n) is 2.46. The Morgan fingerprint density at radius 2 is 1.76 bits per heavy atom. The number of nitrogens with two attached hydrogens (primary N) is 3. The first-order valence-electron chi connectivity index (χ1n) is 7.99. The molecule has 0 fully saturated rings. The highest BCUT2D eigenvalue weighted by Crippen LogP contribution is 2.01. The van der Waals surface area contributed by atoms with E-state index < -0.39 is 0 Å². The van der Waals surface area contributed by atoms with Crippen LogP contribution in [0.15, 0.2) is 11.9 Å². The zero-order valence-corrected chi connectivity index (χ0v) is 15.3. The zero-order chi connectivity index (χ0) is 17.5. The van der Waals surface area contributed by atoms with Crippen molar-refractivity contribution in [3.8, 4) is 0 Å². The normalized spacial score (nSPS) is 11.3. The Morgan fingerprint density at radius 3 is 2.00 bits per heavy atom. The van der Waals surface area contributed by atoms with Crippen LogP contribution in [0.5, 0.6) is 0 Å². The van der Waals surface area contributed by atoms with Gasteiger partial charge in [0.1, 0.15) is 0 Å². The van der Waals surface area contributed by atoms with E-state index in [2.05, 4.69) is 13.8 Å². The van der Waals surface area contributed by atoms with Crippen molar-refractivity contribution in [1.82, 2.24) is 5.01 Å². The van der Waals surface area contributed by atoms with Gasteiger partial charge in [-0.2, -0.15) is 0 Å². The molecule has 21 heavy (non-hydrogen) atoms. The van der Waals surface area contributed by atoms with Crippen molar-refractivity contribution in [2.45, 2.75) is 73.3 Å². The number of allylic oxidation sites excluding steroid dienone is 1. The summed E-state index contributed by atoms with van der Waals surface area (Å²) in [7, 11) is 0. The van der Waals surface area contributed by atoms with E-state index in [4.69, 9.17) is 22.4 Å². The van der Waals surface area contributed by atoms with Crippen LogP contribution in [0.3, 0.4) is 0 Å². The highest BCUT2D eigenvalue weighted by molar-refractivity contribution is 4.93. The molecule has 0 aliphatic carbocycles. The molecule has 7 N–H and O–H groups in total. The van der Waals surface area contributed by atoms with Crippen LogP contribution in [0.2, 0.25) is 0 Å². The van der Waals surface area contributed by atoms with Crippen LogP contribution in [0.25, 0.3) is 0 Å². The van der Waals surface area contributed by atoms with Gasteiger partial charge >= 0.3 is 0 Å². The van der Waals surface area contributed by atoms with Crippen molar-refractivity contribution < 1.29 is 5.11 Å². The summed E-state index contributed by atoms with van der Waals surface area (Å²) in [6.45, 7) is 15.2. The molecule has 0 aromatic carbocycles. The lowest BCUT2D eigenvalue weighted by Crippen LogP contribution is -2.32. The summed E-state index contributed by atoms with van der Waals surface area (Å²) in [6, 6.07) is 0. The Morgan fingerprint density at radius 1 is 1.29 bits per heavy atom. The van der Waals surface area contributed by atoms with Gasteiger partial charge in [-0.1, -0.05) is 34.6 Å². The first-order chi connectivity index (χ1) is 9.62. The topological polar surface area (TPSA) is 102 Å². The monoisotopic (exact) mass is 304 g/mol. The Kier molecular flexibility index (Phi) is 18.7. The standard InChI is InChI=1S/C9H21N3.C5H13NO.C2H6/c1-4-9(10)7-12(11)6-5-8(2)3;1-5(2,6)3-4-7;1-2/h7-8H,4-6,10-11H2,1-3H3;7H,3-4,6H2,1-2H3;1-2H3/b9-7-;;.